The van der Waals surface area contributed by atoms with Crippen LogP contribution in [0, 0.1) is 0 Å². The molecule has 0 aliphatic rings. The molecule has 0 atom stereocenters. The lowest BCUT2D eigenvalue weighted by atomic mass is 10.4. The van der Waals surface area contributed by atoms with Crippen LogP contribution in [0.3, 0.4) is 0 Å². The minimum atomic E-state index is 0.913. The highest BCUT2D eigenvalue weighted by atomic mass is 15.0. The van der Waals surface area contributed by atoms with Crippen LogP contribution in [0.2, 0.25) is 0 Å². The summed E-state index contributed by atoms with van der Waals surface area (Å²) >= 11 is 0. The second kappa shape index (κ2) is 5.37. The second-order valence-electron chi connectivity index (χ2n) is 3.46. The van der Waals surface area contributed by atoms with Crippen LogP contribution in [0.5, 0.6) is 0 Å². The Balaban J connectivity index is 3.06. The molecule has 0 aromatic carbocycles. The molecule has 3 heteroatoms. The first-order valence-corrected chi connectivity index (χ1v) is 4.91. The minimum Gasteiger partial charge on any atom is -0.330 e. The number of rotatable bonds is 3. The molecule has 0 amide bonds. The van der Waals surface area contributed by atoms with Crippen molar-refractivity contribution in [1.82, 2.24) is 9.55 Å². The molecule has 76 valence electrons. The van der Waals surface area contributed by atoms with Gasteiger partial charge in [-0.2, -0.15) is 0 Å². The van der Waals surface area contributed by atoms with Gasteiger partial charge in [-0.15, -0.1) is 0 Å². The quantitative estimate of drug-likeness (QED) is 0.719. The molecular weight excluding hydrogens is 174 g/mol. The maximum Gasteiger partial charge on any atom is 0.150 e. The number of aromatic nitrogens is 2. The van der Waals surface area contributed by atoms with Crippen LogP contribution in [0.25, 0.3) is 0 Å². The molecule has 14 heavy (non-hydrogen) atoms. The van der Waals surface area contributed by atoms with Crippen molar-refractivity contribution in [2.45, 2.75) is 33.7 Å². The maximum atomic E-state index is 4.36. The molecule has 1 heterocycles. The highest BCUT2D eigenvalue weighted by Crippen LogP contribution is 1.88. The fraction of sp³-hybridized carbons (Fsp3) is 0.455. The molecule has 0 spiro atoms. The zero-order valence-electron chi connectivity index (χ0n) is 9.07. The topological polar surface area (TPSA) is 30.2 Å². The summed E-state index contributed by atoms with van der Waals surface area (Å²) in [5, 5.41) is 0. The van der Waals surface area contributed by atoms with Crippen LogP contribution in [-0.4, -0.2) is 9.55 Å². The van der Waals surface area contributed by atoms with Gasteiger partial charge in [-0.25, -0.2) is 4.99 Å². The van der Waals surface area contributed by atoms with E-state index in [1.807, 2.05) is 26.2 Å². The number of nitrogens with zero attached hydrogens (tertiary/aromatic N) is 3. The molecule has 1 rings (SSSR count). The molecule has 0 bridgehead atoms. The third-order valence-electron chi connectivity index (χ3n) is 1.74. The van der Waals surface area contributed by atoms with E-state index in [-0.39, 0.29) is 0 Å². The first kappa shape index (κ1) is 10.7. The lowest BCUT2D eigenvalue weighted by Crippen LogP contribution is -2.20. The van der Waals surface area contributed by atoms with Gasteiger partial charge in [0.05, 0.1) is 6.20 Å². The molecule has 3 nitrogen and oxygen atoms in total. The van der Waals surface area contributed by atoms with Crippen molar-refractivity contribution in [3.05, 3.63) is 35.9 Å². The van der Waals surface area contributed by atoms with E-state index < -0.39 is 0 Å². The van der Waals surface area contributed by atoms with Crippen molar-refractivity contribution in [1.29, 1.82) is 0 Å². The van der Waals surface area contributed by atoms with E-state index in [9.17, 15) is 0 Å². The highest BCUT2D eigenvalue weighted by Gasteiger charge is 1.89. The van der Waals surface area contributed by atoms with E-state index in [1.54, 1.807) is 12.4 Å². The van der Waals surface area contributed by atoms with Gasteiger partial charge in [-0.05, 0) is 20.3 Å². The van der Waals surface area contributed by atoms with E-state index in [0.717, 1.165) is 18.5 Å². The summed E-state index contributed by atoms with van der Waals surface area (Å²) in [7, 11) is 0. The predicted octanol–water partition coefficient (Wildman–Crippen LogP) is 2.12. The second-order valence-corrected chi connectivity index (χ2v) is 3.46. The van der Waals surface area contributed by atoms with E-state index in [2.05, 4.69) is 21.5 Å². The first-order chi connectivity index (χ1) is 6.74. The summed E-state index contributed by atoms with van der Waals surface area (Å²) in [5.41, 5.74) is 2.10. The Kier molecular flexibility index (Phi) is 4.11. The van der Waals surface area contributed by atoms with Gasteiger partial charge in [0, 0.05) is 25.1 Å². The van der Waals surface area contributed by atoms with E-state index in [4.69, 9.17) is 0 Å². The maximum absolute atomic E-state index is 4.36. The van der Waals surface area contributed by atoms with Crippen molar-refractivity contribution < 1.29 is 0 Å². The Morgan fingerprint density at radius 2 is 2.36 bits per heavy atom. The summed E-state index contributed by atoms with van der Waals surface area (Å²) in [5.74, 6) is 0. The fourth-order valence-electron chi connectivity index (χ4n) is 1.11. The lowest BCUT2D eigenvalue weighted by Gasteiger charge is -2.03. The molecule has 0 aliphatic carbocycles. The summed E-state index contributed by atoms with van der Waals surface area (Å²) < 4.78 is 2.10. The third-order valence-corrected chi connectivity index (χ3v) is 1.74. The van der Waals surface area contributed by atoms with Gasteiger partial charge in [-0.1, -0.05) is 12.5 Å². The number of allylic oxidation sites excluding steroid dienone is 1. The standard InChI is InChI=1S/C11H17N3/c1-4-6-14-7-5-12-9-11(14)13-8-10(2)3/h5,7-9H,4,6H2,1-3H3. The van der Waals surface area contributed by atoms with Crippen LogP contribution in [0.4, 0.5) is 0 Å². The summed E-state index contributed by atoms with van der Waals surface area (Å²) in [6, 6.07) is 0. The molecule has 1 aromatic rings. The average Bonchev–Trinajstić information content (AvgIpc) is 2.17. The lowest BCUT2D eigenvalue weighted by molar-refractivity contribution is 0.638. The molecule has 0 unspecified atom stereocenters. The van der Waals surface area contributed by atoms with Gasteiger partial charge in [0.1, 0.15) is 0 Å². The fourth-order valence-corrected chi connectivity index (χ4v) is 1.11. The van der Waals surface area contributed by atoms with Crippen LogP contribution in [0.15, 0.2) is 35.4 Å². The molecule has 0 radical (unpaired) electrons. The van der Waals surface area contributed by atoms with Crippen molar-refractivity contribution >= 4 is 0 Å². The Bertz CT molecular complexity index is 370. The normalized spacial score (nSPS) is 11.5. The highest BCUT2D eigenvalue weighted by molar-refractivity contribution is 4.93. The van der Waals surface area contributed by atoms with Crippen molar-refractivity contribution in [2.24, 2.45) is 4.99 Å². The van der Waals surface area contributed by atoms with Crippen molar-refractivity contribution in [2.75, 3.05) is 0 Å². The molecule has 0 fully saturated rings. The number of aryl methyl sites for hydroxylation is 1. The van der Waals surface area contributed by atoms with E-state index in [0.29, 0.717) is 0 Å². The van der Waals surface area contributed by atoms with Gasteiger partial charge >= 0.3 is 0 Å². The summed E-state index contributed by atoms with van der Waals surface area (Å²) in [4.78, 5) is 8.42. The van der Waals surface area contributed by atoms with Gasteiger partial charge in [0.2, 0.25) is 0 Å². The molecule has 0 aliphatic heterocycles. The summed E-state index contributed by atoms with van der Waals surface area (Å²) in [6.07, 6.45) is 8.50. The number of hydrogen-bond acceptors (Lipinski definition) is 2. The third kappa shape index (κ3) is 3.17. The molecule has 0 saturated heterocycles. The van der Waals surface area contributed by atoms with Gasteiger partial charge in [0.25, 0.3) is 0 Å². The zero-order chi connectivity index (χ0) is 10.4. The van der Waals surface area contributed by atoms with Crippen LogP contribution in [0.1, 0.15) is 27.2 Å². The number of hydrogen-bond donors (Lipinski definition) is 0. The average molecular weight is 191 g/mol. The minimum absolute atomic E-state index is 0.913. The first-order valence-electron chi connectivity index (χ1n) is 4.91. The molecule has 0 N–H and O–H groups in total. The van der Waals surface area contributed by atoms with Crippen molar-refractivity contribution in [3.8, 4) is 0 Å². The molecule has 1 aromatic heterocycles. The SMILES string of the molecule is CCCn1ccncc1=NC=C(C)C. The van der Waals surface area contributed by atoms with Crippen LogP contribution >= 0.6 is 0 Å². The Labute approximate surface area is 84.8 Å². The van der Waals surface area contributed by atoms with Crippen molar-refractivity contribution in [3.63, 3.8) is 0 Å². The Morgan fingerprint density at radius 3 is 3.00 bits per heavy atom. The van der Waals surface area contributed by atoms with E-state index in [1.165, 1.54) is 5.57 Å². The monoisotopic (exact) mass is 191 g/mol. The smallest absolute Gasteiger partial charge is 0.150 e. The Hall–Kier alpha value is -1.38. The van der Waals surface area contributed by atoms with Gasteiger partial charge in [-0.3, -0.25) is 4.98 Å². The van der Waals surface area contributed by atoms with E-state index >= 15 is 0 Å². The van der Waals surface area contributed by atoms with Crippen LogP contribution in [-0.2, 0) is 6.54 Å². The summed E-state index contributed by atoms with van der Waals surface area (Å²) in [6.45, 7) is 7.20. The zero-order valence-corrected chi connectivity index (χ0v) is 9.07. The van der Waals surface area contributed by atoms with Gasteiger partial charge in [0.15, 0.2) is 5.49 Å². The van der Waals surface area contributed by atoms with Gasteiger partial charge < -0.3 is 4.57 Å². The molecular formula is C11H17N3. The van der Waals surface area contributed by atoms with Crippen LogP contribution < -0.4 is 5.49 Å². The largest absolute Gasteiger partial charge is 0.330 e. The predicted molar refractivity (Wildman–Crippen MR) is 57.5 cm³/mol. The Morgan fingerprint density at radius 1 is 1.57 bits per heavy atom. The molecule has 0 saturated carbocycles.